The molecule has 0 aliphatic rings. The minimum absolute atomic E-state index is 0.573. The van der Waals surface area contributed by atoms with E-state index in [4.69, 9.17) is 10.5 Å². The van der Waals surface area contributed by atoms with Gasteiger partial charge in [-0.3, -0.25) is 0 Å². The number of nitrogens with zero attached hydrogens (tertiary/aromatic N) is 3. The van der Waals surface area contributed by atoms with Gasteiger partial charge in [-0.25, -0.2) is 4.98 Å². The molecule has 0 unspecified atom stereocenters. The standard InChI is InChI=1S/C18H22N4O/c1-21(13-14-7-9-15(23-2)10-8-14)11-12-22-17-6-4-3-5-16(17)20-18(22)19/h3-10H,11-13H2,1-2H3,(H2,19,20). The highest BCUT2D eigenvalue weighted by molar-refractivity contribution is 5.78. The van der Waals surface area contributed by atoms with Crippen LogP contribution in [0.5, 0.6) is 5.75 Å². The smallest absolute Gasteiger partial charge is 0.201 e. The fourth-order valence-corrected chi connectivity index (χ4v) is 2.72. The second-order valence-corrected chi connectivity index (χ2v) is 5.70. The fraction of sp³-hybridized carbons (Fsp3) is 0.278. The molecule has 0 saturated carbocycles. The highest BCUT2D eigenvalue weighted by Crippen LogP contribution is 2.17. The minimum Gasteiger partial charge on any atom is -0.497 e. The van der Waals surface area contributed by atoms with E-state index in [0.717, 1.165) is 36.4 Å². The van der Waals surface area contributed by atoms with Crippen molar-refractivity contribution in [2.75, 3.05) is 26.4 Å². The lowest BCUT2D eigenvalue weighted by atomic mass is 10.2. The quantitative estimate of drug-likeness (QED) is 0.760. The van der Waals surface area contributed by atoms with Gasteiger partial charge in [0.15, 0.2) is 0 Å². The van der Waals surface area contributed by atoms with Crippen molar-refractivity contribution in [3.63, 3.8) is 0 Å². The van der Waals surface area contributed by atoms with Crippen molar-refractivity contribution >= 4 is 17.0 Å². The summed E-state index contributed by atoms with van der Waals surface area (Å²) in [7, 11) is 3.79. The van der Waals surface area contributed by atoms with Gasteiger partial charge in [0.25, 0.3) is 0 Å². The highest BCUT2D eigenvalue weighted by Gasteiger charge is 2.08. The number of aromatic nitrogens is 2. The van der Waals surface area contributed by atoms with Crippen molar-refractivity contribution in [2.45, 2.75) is 13.1 Å². The Morgan fingerprint density at radius 1 is 1.13 bits per heavy atom. The van der Waals surface area contributed by atoms with Crippen LogP contribution >= 0.6 is 0 Å². The van der Waals surface area contributed by atoms with Crippen LogP contribution in [-0.2, 0) is 13.1 Å². The number of benzene rings is 2. The zero-order valence-corrected chi connectivity index (χ0v) is 13.6. The van der Waals surface area contributed by atoms with E-state index in [1.54, 1.807) is 7.11 Å². The number of nitrogen functional groups attached to an aromatic ring is 1. The summed E-state index contributed by atoms with van der Waals surface area (Å²) in [4.78, 5) is 6.68. The van der Waals surface area contributed by atoms with Crippen molar-refractivity contribution in [1.82, 2.24) is 14.5 Å². The normalized spacial score (nSPS) is 11.3. The molecule has 5 nitrogen and oxygen atoms in total. The summed E-state index contributed by atoms with van der Waals surface area (Å²) in [5.41, 5.74) is 9.34. The summed E-state index contributed by atoms with van der Waals surface area (Å²) in [5, 5.41) is 0. The predicted molar refractivity (Wildman–Crippen MR) is 93.5 cm³/mol. The summed E-state index contributed by atoms with van der Waals surface area (Å²) >= 11 is 0. The first kappa shape index (κ1) is 15.4. The number of anilines is 1. The SMILES string of the molecule is COc1ccc(CN(C)CCn2c(N)nc3ccccc32)cc1. The first-order valence-electron chi connectivity index (χ1n) is 7.69. The number of para-hydroxylation sites is 2. The lowest BCUT2D eigenvalue weighted by molar-refractivity contribution is 0.313. The number of rotatable bonds is 6. The van der Waals surface area contributed by atoms with Crippen LogP contribution in [0.1, 0.15) is 5.56 Å². The Hall–Kier alpha value is -2.53. The lowest BCUT2D eigenvalue weighted by Gasteiger charge is -2.18. The molecule has 0 fully saturated rings. The molecule has 23 heavy (non-hydrogen) atoms. The van der Waals surface area contributed by atoms with Gasteiger partial charge in [0.1, 0.15) is 5.75 Å². The monoisotopic (exact) mass is 310 g/mol. The third kappa shape index (κ3) is 3.46. The van der Waals surface area contributed by atoms with E-state index in [-0.39, 0.29) is 0 Å². The molecule has 0 radical (unpaired) electrons. The topological polar surface area (TPSA) is 56.3 Å². The average molecular weight is 310 g/mol. The molecule has 1 aromatic heterocycles. The molecule has 0 bridgehead atoms. The van der Waals surface area contributed by atoms with E-state index in [0.29, 0.717) is 5.95 Å². The Labute approximate surface area is 136 Å². The van der Waals surface area contributed by atoms with Crippen LogP contribution < -0.4 is 10.5 Å². The molecule has 0 spiro atoms. The van der Waals surface area contributed by atoms with Crippen molar-refractivity contribution in [2.24, 2.45) is 0 Å². The summed E-state index contributed by atoms with van der Waals surface area (Å²) in [6.07, 6.45) is 0. The van der Waals surface area contributed by atoms with Gasteiger partial charge in [-0.1, -0.05) is 24.3 Å². The van der Waals surface area contributed by atoms with Gasteiger partial charge in [0.05, 0.1) is 18.1 Å². The second-order valence-electron chi connectivity index (χ2n) is 5.70. The molecule has 3 rings (SSSR count). The van der Waals surface area contributed by atoms with Crippen LogP contribution in [0.3, 0.4) is 0 Å². The minimum atomic E-state index is 0.573. The molecule has 120 valence electrons. The number of imidazole rings is 1. The van der Waals surface area contributed by atoms with Crippen molar-refractivity contribution in [3.05, 3.63) is 54.1 Å². The molecule has 0 atom stereocenters. The molecule has 0 aliphatic heterocycles. The number of ether oxygens (including phenoxy) is 1. The largest absolute Gasteiger partial charge is 0.497 e. The van der Waals surface area contributed by atoms with Gasteiger partial charge >= 0.3 is 0 Å². The number of fused-ring (bicyclic) bond motifs is 1. The van der Waals surface area contributed by atoms with Crippen LogP contribution in [0.15, 0.2) is 48.5 Å². The maximum absolute atomic E-state index is 6.04. The van der Waals surface area contributed by atoms with Gasteiger partial charge in [-0.15, -0.1) is 0 Å². The second kappa shape index (κ2) is 6.71. The Kier molecular flexibility index (Phi) is 4.48. The lowest BCUT2D eigenvalue weighted by Crippen LogP contribution is -2.23. The van der Waals surface area contributed by atoms with Gasteiger partial charge in [-0.05, 0) is 36.9 Å². The number of hydrogen-bond donors (Lipinski definition) is 1. The van der Waals surface area contributed by atoms with E-state index in [2.05, 4.69) is 39.7 Å². The Morgan fingerprint density at radius 2 is 1.87 bits per heavy atom. The molecule has 3 aromatic rings. The zero-order chi connectivity index (χ0) is 16.2. The van der Waals surface area contributed by atoms with Crippen molar-refractivity contribution in [1.29, 1.82) is 0 Å². The van der Waals surface area contributed by atoms with Crippen LogP contribution in [0, 0.1) is 0 Å². The van der Waals surface area contributed by atoms with E-state index >= 15 is 0 Å². The third-order valence-corrected chi connectivity index (χ3v) is 4.00. The fourth-order valence-electron chi connectivity index (χ4n) is 2.72. The maximum atomic E-state index is 6.04. The molecule has 1 heterocycles. The Balaban J connectivity index is 1.63. The summed E-state index contributed by atoms with van der Waals surface area (Å²) < 4.78 is 7.26. The van der Waals surface area contributed by atoms with E-state index in [1.807, 2.05) is 30.3 Å². The number of nitrogens with two attached hydrogens (primary N) is 1. The first-order chi connectivity index (χ1) is 11.2. The summed E-state index contributed by atoms with van der Waals surface area (Å²) in [6, 6.07) is 16.2. The molecule has 0 saturated heterocycles. The first-order valence-corrected chi connectivity index (χ1v) is 7.69. The number of likely N-dealkylation sites (N-methyl/N-ethyl adjacent to an activating group) is 1. The maximum Gasteiger partial charge on any atom is 0.201 e. The molecule has 2 N–H and O–H groups in total. The van der Waals surface area contributed by atoms with Crippen molar-refractivity contribution in [3.8, 4) is 5.75 Å². The van der Waals surface area contributed by atoms with Gasteiger partial charge < -0.3 is 19.9 Å². The van der Waals surface area contributed by atoms with Gasteiger partial charge in [0.2, 0.25) is 5.95 Å². The molecular formula is C18H22N4O. The van der Waals surface area contributed by atoms with E-state index in [9.17, 15) is 0 Å². The van der Waals surface area contributed by atoms with Crippen LogP contribution in [-0.4, -0.2) is 35.2 Å². The van der Waals surface area contributed by atoms with Gasteiger partial charge in [-0.2, -0.15) is 0 Å². The van der Waals surface area contributed by atoms with Crippen LogP contribution in [0.25, 0.3) is 11.0 Å². The average Bonchev–Trinajstić information content (AvgIpc) is 2.89. The molecule has 0 aliphatic carbocycles. The van der Waals surface area contributed by atoms with Crippen molar-refractivity contribution < 1.29 is 4.74 Å². The molecule has 5 heteroatoms. The highest BCUT2D eigenvalue weighted by atomic mass is 16.5. The van der Waals surface area contributed by atoms with E-state index in [1.165, 1.54) is 5.56 Å². The van der Waals surface area contributed by atoms with E-state index < -0.39 is 0 Å². The number of hydrogen-bond acceptors (Lipinski definition) is 4. The van der Waals surface area contributed by atoms with Crippen LogP contribution in [0.4, 0.5) is 5.95 Å². The molecule has 0 amide bonds. The zero-order valence-electron chi connectivity index (χ0n) is 13.6. The summed E-state index contributed by atoms with van der Waals surface area (Å²) in [6.45, 7) is 2.60. The van der Waals surface area contributed by atoms with Gasteiger partial charge in [0, 0.05) is 19.6 Å². The van der Waals surface area contributed by atoms with Crippen LogP contribution in [0.2, 0.25) is 0 Å². The number of methoxy groups -OCH3 is 1. The third-order valence-electron chi connectivity index (χ3n) is 4.00. The Bertz CT molecular complexity index is 779. The predicted octanol–water partition coefficient (Wildman–Crippen LogP) is 2.76. The summed E-state index contributed by atoms with van der Waals surface area (Å²) in [5.74, 6) is 1.46. The molecular weight excluding hydrogens is 288 g/mol. The Morgan fingerprint density at radius 3 is 2.61 bits per heavy atom. The molecule has 2 aromatic carbocycles.